The van der Waals surface area contributed by atoms with E-state index in [1.807, 2.05) is 0 Å². The smallest absolute Gasteiger partial charge is 0.189 e. The van der Waals surface area contributed by atoms with Gasteiger partial charge in [-0.1, -0.05) is 0 Å². The third kappa shape index (κ3) is 7.72. The molecule has 0 spiro atoms. The van der Waals surface area contributed by atoms with Crippen molar-refractivity contribution in [2.45, 2.75) is 26.3 Å². The second-order valence-electron chi connectivity index (χ2n) is 3.63. The Labute approximate surface area is 79.2 Å². The molecule has 0 aliphatic heterocycles. The fourth-order valence-electron chi connectivity index (χ4n) is 0.681. The number of guanidine groups is 1. The molecule has 0 aromatic heterocycles. The van der Waals surface area contributed by atoms with Crippen molar-refractivity contribution in [3.05, 3.63) is 0 Å². The van der Waals surface area contributed by atoms with E-state index in [-0.39, 0.29) is 5.54 Å². The molecule has 0 aromatic carbocycles. The maximum Gasteiger partial charge on any atom is 0.189 e. The molecule has 0 radical (unpaired) electrons. The van der Waals surface area contributed by atoms with Crippen molar-refractivity contribution in [3.63, 3.8) is 0 Å². The lowest BCUT2D eigenvalue weighted by molar-refractivity contribution is 0.508. The highest BCUT2D eigenvalue weighted by Gasteiger charge is 2.08. The number of hydrogen-bond acceptors (Lipinski definition) is 2. The summed E-state index contributed by atoms with van der Waals surface area (Å²) in [5.74, 6) is 1.56. The van der Waals surface area contributed by atoms with Crippen LogP contribution in [0.1, 0.15) is 20.8 Å². The zero-order chi connectivity index (χ0) is 9.61. The molecule has 3 nitrogen and oxygen atoms in total. The quantitative estimate of drug-likeness (QED) is 0.396. The van der Waals surface area contributed by atoms with Crippen LogP contribution in [0.2, 0.25) is 0 Å². The largest absolute Gasteiger partial charge is 0.370 e. The predicted molar refractivity (Wildman–Crippen MR) is 57.8 cm³/mol. The van der Waals surface area contributed by atoms with Crippen molar-refractivity contribution in [1.82, 2.24) is 5.32 Å². The predicted octanol–water partition coefficient (Wildman–Crippen LogP) is 1.05. The second-order valence-corrected chi connectivity index (χ2v) is 4.62. The Morgan fingerprint density at radius 1 is 1.50 bits per heavy atom. The van der Waals surface area contributed by atoms with Gasteiger partial charge in [0.2, 0.25) is 0 Å². The number of thioether (sulfide) groups is 1. The number of aliphatic imine (C=N–C) groups is 1. The Balaban J connectivity index is 3.70. The monoisotopic (exact) mass is 189 g/mol. The van der Waals surface area contributed by atoms with Crippen LogP contribution in [0.25, 0.3) is 0 Å². The highest BCUT2D eigenvalue weighted by atomic mass is 32.2. The van der Waals surface area contributed by atoms with Crippen LogP contribution in [0.3, 0.4) is 0 Å². The summed E-state index contributed by atoms with van der Waals surface area (Å²) >= 11 is 1.77. The first-order valence-corrected chi connectivity index (χ1v) is 5.42. The molecule has 0 saturated carbocycles. The van der Waals surface area contributed by atoms with Gasteiger partial charge in [-0.25, -0.2) is 0 Å². The lowest BCUT2D eigenvalue weighted by atomic mass is 10.1. The molecule has 0 unspecified atom stereocenters. The molecule has 0 aromatic rings. The standard InChI is InChI=1S/C8H19N3S/c1-8(2,3)11-7(9)10-5-6-12-4/h5-6H2,1-4H3,(H3,9,10,11). The summed E-state index contributed by atoms with van der Waals surface area (Å²) in [4.78, 5) is 4.16. The molecule has 0 atom stereocenters. The van der Waals surface area contributed by atoms with Crippen LogP contribution >= 0.6 is 11.8 Å². The Bertz CT molecular complexity index is 149. The van der Waals surface area contributed by atoms with Crippen LogP contribution in [0.15, 0.2) is 4.99 Å². The van der Waals surface area contributed by atoms with Crippen LogP contribution < -0.4 is 11.1 Å². The molecule has 3 N–H and O–H groups in total. The van der Waals surface area contributed by atoms with Gasteiger partial charge in [-0.05, 0) is 27.0 Å². The molecule has 0 saturated heterocycles. The molecule has 0 aliphatic rings. The van der Waals surface area contributed by atoms with E-state index in [4.69, 9.17) is 5.73 Å². The number of nitrogens with two attached hydrogens (primary N) is 1. The van der Waals surface area contributed by atoms with E-state index in [1.54, 1.807) is 11.8 Å². The van der Waals surface area contributed by atoms with E-state index in [9.17, 15) is 0 Å². The van der Waals surface area contributed by atoms with Crippen LogP contribution in [0.4, 0.5) is 0 Å². The van der Waals surface area contributed by atoms with Crippen molar-refractivity contribution < 1.29 is 0 Å². The topological polar surface area (TPSA) is 50.4 Å². The molecule has 72 valence electrons. The van der Waals surface area contributed by atoms with Crippen molar-refractivity contribution >= 4 is 17.7 Å². The van der Waals surface area contributed by atoms with Gasteiger partial charge in [0, 0.05) is 11.3 Å². The van der Waals surface area contributed by atoms with E-state index in [2.05, 4.69) is 37.3 Å². The van der Waals surface area contributed by atoms with Gasteiger partial charge < -0.3 is 11.1 Å². The van der Waals surface area contributed by atoms with E-state index in [0.29, 0.717) is 5.96 Å². The molecule has 0 amide bonds. The highest BCUT2D eigenvalue weighted by Crippen LogP contribution is 1.97. The van der Waals surface area contributed by atoms with Crippen LogP contribution in [0, 0.1) is 0 Å². The third-order valence-electron chi connectivity index (χ3n) is 1.08. The van der Waals surface area contributed by atoms with Crippen LogP contribution in [-0.2, 0) is 0 Å². The van der Waals surface area contributed by atoms with Gasteiger partial charge in [0.05, 0.1) is 6.54 Å². The van der Waals surface area contributed by atoms with Crippen molar-refractivity contribution in [3.8, 4) is 0 Å². The zero-order valence-corrected chi connectivity index (χ0v) is 9.16. The molecule has 0 fully saturated rings. The van der Waals surface area contributed by atoms with E-state index < -0.39 is 0 Å². The van der Waals surface area contributed by atoms with Crippen molar-refractivity contribution in [1.29, 1.82) is 0 Å². The molecule has 0 heterocycles. The fourth-order valence-corrected chi connectivity index (χ4v) is 0.955. The maximum atomic E-state index is 5.63. The SMILES string of the molecule is CSCCN=C(N)NC(C)(C)C. The summed E-state index contributed by atoms with van der Waals surface area (Å²) in [6.07, 6.45) is 2.06. The van der Waals surface area contributed by atoms with E-state index >= 15 is 0 Å². The number of rotatable bonds is 3. The third-order valence-corrected chi connectivity index (χ3v) is 1.67. The molecule has 4 heteroatoms. The molecular formula is C8H19N3S. The number of hydrogen-bond donors (Lipinski definition) is 2. The van der Waals surface area contributed by atoms with Gasteiger partial charge in [0.1, 0.15) is 0 Å². The summed E-state index contributed by atoms with van der Waals surface area (Å²) in [6.45, 7) is 6.97. The Hall–Kier alpha value is -0.380. The summed E-state index contributed by atoms with van der Waals surface area (Å²) in [7, 11) is 0. The normalized spacial score (nSPS) is 13.2. The van der Waals surface area contributed by atoms with Crippen molar-refractivity contribution in [2.75, 3.05) is 18.6 Å². The average molecular weight is 189 g/mol. The van der Waals surface area contributed by atoms with Crippen LogP contribution in [-0.4, -0.2) is 30.1 Å². The first kappa shape index (κ1) is 11.6. The Kier molecular flexibility index (Phi) is 5.13. The molecule has 0 bridgehead atoms. The number of nitrogens with one attached hydrogen (secondary N) is 1. The summed E-state index contributed by atoms with van der Waals surface area (Å²) in [5.41, 5.74) is 5.64. The average Bonchev–Trinajstić information content (AvgIpc) is 1.84. The van der Waals surface area contributed by atoms with Gasteiger partial charge in [-0.2, -0.15) is 11.8 Å². The van der Waals surface area contributed by atoms with Gasteiger partial charge >= 0.3 is 0 Å². The number of nitrogens with zero attached hydrogens (tertiary/aromatic N) is 1. The molecule has 0 aliphatic carbocycles. The molecule has 0 rings (SSSR count). The Morgan fingerprint density at radius 2 is 2.08 bits per heavy atom. The molecular weight excluding hydrogens is 170 g/mol. The van der Waals surface area contributed by atoms with Crippen LogP contribution in [0.5, 0.6) is 0 Å². The maximum absolute atomic E-state index is 5.63. The molecule has 12 heavy (non-hydrogen) atoms. The minimum atomic E-state index is 0.00689. The second kappa shape index (κ2) is 5.30. The zero-order valence-electron chi connectivity index (χ0n) is 8.35. The first-order chi connectivity index (χ1) is 5.45. The summed E-state index contributed by atoms with van der Waals surface area (Å²) < 4.78 is 0. The fraction of sp³-hybridized carbons (Fsp3) is 0.875. The lowest BCUT2D eigenvalue weighted by Gasteiger charge is -2.20. The van der Waals surface area contributed by atoms with Gasteiger partial charge in [0.15, 0.2) is 5.96 Å². The van der Waals surface area contributed by atoms with E-state index in [0.717, 1.165) is 12.3 Å². The summed E-state index contributed by atoms with van der Waals surface area (Å²) in [5, 5.41) is 3.10. The van der Waals surface area contributed by atoms with Crippen molar-refractivity contribution in [2.24, 2.45) is 10.7 Å². The highest BCUT2D eigenvalue weighted by molar-refractivity contribution is 7.98. The van der Waals surface area contributed by atoms with Gasteiger partial charge in [-0.3, -0.25) is 4.99 Å². The van der Waals surface area contributed by atoms with E-state index in [1.165, 1.54) is 0 Å². The first-order valence-electron chi connectivity index (χ1n) is 4.03. The Morgan fingerprint density at radius 3 is 2.50 bits per heavy atom. The van der Waals surface area contributed by atoms with Gasteiger partial charge in [0.25, 0.3) is 0 Å². The lowest BCUT2D eigenvalue weighted by Crippen LogP contribution is -2.45. The summed E-state index contributed by atoms with van der Waals surface area (Å²) in [6, 6.07) is 0. The minimum Gasteiger partial charge on any atom is -0.370 e. The minimum absolute atomic E-state index is 0.00689. The van der Waals surface area contributed by atoms with Gasteiger partial charge in [-0.15, -0.1) is 0 Å².